The van der Waals surface area contributed by atoms with E-state index in [4.69, 9.17) is 18.9 Å². The van der Waals surface area contributed by atoms with Crippen molar-refractivity contribution in [2.24, 2.45) is 0 Å². The lowest BCUT2D eigenvalue weighted by Gasteiger charge is -2.23. The first-order valence-electron chi connectivity index (χ1n) is 11.9. The molecule has 0 aliphatic rings. The molecule has 210 valence electrons. The fourth-order valence-electron chi connectivity index (χ4n) is 3.22. The molecule has 0 aromatic heterocycles. The molecule has 0 spiro atoms. The highest BCUT2D eigenvalue weighted by Crippen LogP contribution is 2.16. The van der Waals surface area contributed by atoms with E-state index in [1.54, 1.807) is 31.2 Å². The quantitative estimate of drug-likeness (QED) is 0.242. The maximum absolute atomic E-state index is 13.8. The number of aliphatic carboxylic acids is 1. The van der Waals surface area contributed by atoms with Crippen molar-refractivity contribution in [3.05, 3.63) is 65.2 Å². The molecule has 0 heterocycles. The average molecular weight is 546 g/mol. The molecule has 38 heavy (non-hydrogen) atoms. The van der Waals surface area contributed by atoms with Crippen molar-refractivity contribution >= 4 is 12.1 Å². The van der Waals surface area contributed by atoms with Crippen molar-refractivity contribution in [1.29, 1.82) is 0 Å². The van der Waals surface area contributed by atoms with Gasteiger partial charge in [0.05, 0.1) is 13.2 Å². The third kappa shape index (κ3) is 11.3. The molecule has 0 saturated carbocycles. The van der Waals surface area contributed by atoms with Gasteiger partial charge in [0.15, 0.2) is 6.10 Å². The predicted octanol–water partition coefficient (Wildman–Crippen LogP) is 4.69. The summed E-state index contributed by atoms with van der Waals surface area (Å²) in [6, 6.07) is 9.48. The van der Waals surface area contributed by atoms with Crippen LogP contribution in [0.4, 0.5) is 22.4 Å². The van der Waals surface area contributed by atoms with Gasteiger partial charge in [0.1, 0.15) is 37.2 Å². The summed E-state index contributed by atoms with van der Waals surface area (Å²) in [4.78, 5) is 25.0. The Labute approximate surface area is 218 Å². The molecule has 2 rings (SSSR count). The van der Waals surface area contributed by atoms with E-state index in [0.717, 1.165) is 22.6 Å². The number of carbonyl (C=O) groups is 2. The van der Waals surface area contributed by atoms with Crippen molar-refractivity contribution in [3.63, 3.8) is 0 Å². The van der Waals surface area contributed by atoms with Crippen LogP contribution in [0.5, 0.6) is 5.75 Å². The maximum Gasteiger partial charge on any atom is 0.410 e. The van der Waals surface area contributed by atoms with E-state index in [1.165, 1.54) is 0 Å². The molecule has 1 N–H and O–H groups in total. The minimum atomic E-state index is -3.03. The van der Waals surface area contributed by atoms with Crippen LogP contribution in [0.2, 0.25) is 0 Å². The Balaban J connectivity index is 1.92. The number of alkyl halides is 2. The van der Waals surface area contributed by atoms with Crippen LogP contribution < -0.4 is 4.74 Å². The molecule has 8 nitrogen and oxygen atoms in total. The number of amides is 1. The molecule has 0 aliphatic heterocycles. The van der Waals surface area contributed by atoms with Gasteiger partial charge >= 0.3 is 12.1 Å². The highest BCUT2D eigenvalue weighted by atomic mass is 19.3. The normalized spacial score (nSPS) is 12.2. The number of benzene rings is 2. The monoisotopic (exact) mass is 545 g/mol. The van der Waals surface area contributed by atoms with Crippen LogP contribution in [0, 0.1) is 11.6 Å². The van der Waals surface area contributed by atoms with E-state index in [2.05, 4.69) is 0 Å². The van der Waals surface area contributed by atoms with Crippen LogP contribution >= 0.6 is 0 Å². The lowest BCUT2D eigenvalue weighted by Crippen LogP contribution is -2.38. The molecule has 0 radical (unpaired) electrons. The number of ether oxygens (including phenoxy) is 4. The van der Waals surface area contributed by atoms with Gasteiger partial charge < -0.3 is 29.0 Å². The SMILES string of the molecule is CCOC(Cc1ccc(OCCN(CCOCC(C)(F)F)C(=O)OCc2ccc(F)cc2F)cc1)C(=O)O. The van der Waals surface area contributed by atoms with Gasteiger partial charge in [0.25, 0.3) is 5.92 Å². The van der Waals surface area contributed by atoms with Crippen molar-refractivity contribution in [3.8, 4) is 5.75 Å². The largest absolute Gasteiger partial charge is 0.492 e. The number of rotatable bonds is 16. The molecule has 1 unspecified atom stereocenters. The summed E-state index contributed by atoms with van der Waals surface area (Å²) in [7, 11) is 0. The topological polar surface area (TPSA) is 94.5 Å². The fourth-order valence-corrected chi connectivity index (χ4v) is 3.22. The maximum atomic E-state index is 13.8. The summed E-state index contributed by atoms with van der Waals surface area (Å²) in [5.41, 5.74) is 0.689. The Morgan fingerprint density at radius 1 is 1.05 bits per heavy atom. The molecule has 0 bridgehead atoms. The van der Waals surface area contributed by atoms with Crippen LogP contribution in [-0.2, 0) is 32.0 Å². The molecule has 0 fully saturated rings. The standard InChI is InChI=1S/C26H31F4NO7/c1-3-36-23(24(32)33)14-18-4-8-21(9-5-18)37-13-11-31(10-12-35-17-26(2,29)30)25(34)38-16-19-6-7-20(27)15-22(19)28/h4-9,15,23H,3,10-14,16-17H2,1-2H3,(H,32,33). The lowest BCUT2D eigenvalue weighted by molar-refractivity contribution is -0.149. The van der Waals surface area contributed by atoms with E-state index in [0.29, 0.717) is 18.7 Å². The van der Waals surface area contributed by atoms with Gasteiger partial charge in [-0.3, -0.25) is 0 Å². The number of hydrogen-bond acceptors (Lipinski definition) is 6. The van der Waals surface area contributed by atoms with Crippen molar-refractivity contribution in [2.45, 2.75) is 38.9 Å². The first kappa shape index (κ1) is 30.8. The van der Waals surface area contributed by atoms with Crippen LogP contribution in [0.15, 0.2) is 42.5 Å². The second kappa shape index (κ2) is 15.1. The first-order valence-corrected chi connectivity index (χ1v) is 11.9. The van der Waals surface area contributed by atoms with E-state index in [9.17, 15) is 32.3 Å². The van der Waals surface area contributed by atoms with E-state index in [1.807, 2.05) is 0 Å². The Morgan fingerprint density at radius 2 is 1.74 bits per heavy atom. The van der Waals surface area contributed by atoms with Crippen LogP contribution in [0.1, 0.15) is 25.0 Å². The number of nitrogens with zero attached hydrogens (tertiary/aromatic N) is 1. The second-order valence-electron chi connectivity index (χ2n) is 8.38. The number of carbonyl (C=O) groups excluding carboxylic acids is 1. The number of halogens is 4. The van der Waals surface area contributed by atoms with Crippen LogP contribution in [0.3, 0.4) is 0 Å². The smallest absolute Gasteiger partial charge is 0.410 e. The van der Waals surface area contributed by atoms with E-state index in [-0.39, 0.29) is 44.9 Å². The van der Waals surface area contributed by atoms with Gasteiger partial charge in [0.2, 0.25) is 0 Å². The summed E-state index contributed by atoms with van der Waals surface area (Å²) >= 11 is 0. The second-order valence-corrected chi connectivity index (χ2v) is 8.38. The Hall–Kier alpha value is -3.38. The third-order valence-corrected chi connectivity index (χ3v) is 5.10. The average Bonchev–Trinajstić information content (AvgIpc) is 2.84. The molecular weight excluding hydrogens is 514 g/mol. The van der Waals surface area contributed by atoms with Gasteiger partial charge in [0, 0.05) is 38.1 Å². The Morgan fingerprint density at radius 3 is 2.34 bits per heavy atom. The number of carboxylic acid groups (broad SMARTS) is 1. The summed E-state index contributed by atoms with van der Waals surface area (Å²) in [6.45, 7) is 1.07. The molecule has 1 atom stereocenters. The molecule has 2 aromatic rings. The zero-order valence-electron chi connectivity index (χ0n) is 21.1. The molecule has 2 aromatic carbocycles. The molecule has 12 heteroatoms. The predicted molar refractivity (Wildman–Crippen MR) is 128 cm³/mol. The van der Waals surface area contributed by atoms with Crippen molar-refractivity contribution < 1.29 is 51.2 Å². The van der Waals surface area contributed by atoms with Gasteiger partial charge in [-0.25, -0.2) is 27.2 Å². The van der Waals surface area contributed by atoms with Crippen molar-refractivity contribution in [1.82, 2.24) is 4.90 Å². The van der Waals surface area contributed by atoms with Crippen LogP contribution in [-0.4, -0.2) is 73.6 Å². The minimum absolute atomic E-state index is 0.00000967. The first-order chi connectivity index (χ1) is 18.0. The molecular formula is C26H31F4NO7. The highest BCUT2D eigenvalue weighted by Gasteiger charge is 2.22. The van der Waals surface area contributed by atoms with Crippen molar-refractivity contribution in [2.75, 3.05) is 39.5 Å². The Bertz CT molecular complexity index is 1030. The van der Waals surface area contributed by atoms with E-state index >= 15 is 0 Å². The van der Waals surface area contributed by atoms with Gasteiger partial charge in [-0.05, 0) is 36.8 Å². The summed E-state index contributed by atoms with van der Waals surface area (Å²) in [5, 5.41) is 9.21. The highest BCUT2D eigenvalue weighted by molar-refractivity contribution is 5.72. The summed E-state index contributed by atoms with van der Waals surface area (Å²) in [5.74, 6) is -5.30. The van der Waals surface area contributed by atoms with Gasteiger partial charge in [-0.1, -0.05) is 12.1 Å². The molecule has 0 aliphatic carbocycles. The summed E-state index contributed by atoms with van der Waals surface area (Å²) in [6.07, 6.45) is -1.66. The Kier molecular flexibility index (Phi) is 12.3. The lowest BCUT2D eigenvalue weighted by atomic mass is 10.1. The van der Waals surface area contributed by atoms with Gasteiger partial charge in [-0.2, -0.15) is 0 Å². The molecule has 0 saturated heterocycles. The number of hydrogen-bond donors (Lipinski definition) is 1. The number of carboxylic acids is 1. The molecule has 1 amide bonds. The van der Waals surface area contributed by atoms with E-state index < -0.39 is 48.9 Å². The van der Waals surface area contributed by atoms with Gasteiger partial charge in [-0.15, -0.1) is 0 Å². The summed E-state index contributed by atoms with van der Waals surface area (Å²) < 4.78 is 73.8. The zero-order chi connectivity index (χ0) is 28.1. The fraction of sp³-hybridized carbons (Fsp3) is 0.462. The minimum Gasteiger partial charge on any atom is -0.492 e. The zero-order valence-corrected chi connectivity index (χ0v) is 21.1. The van der Waals surface area contributed by atoms with Crippen LogP contribution in [0.25, 0.3) is 0 Å². The third-order valence-electron chi connectivity index (χ3n) is 5.10.